The van der Waals surface area contributed by atoms with E-state index in [4.69, 9.17) is 5.26 Å². The van der Waals surface area contributed by atoms with Gasteiger partial charge in [-0.1, -0.05) is 0 Å². The smallest absolute Gasteiger partial charge is 0.261 e. The number of rotatable bonds is 4. The van der Waals surface area contributed by atoms with Crippen LogP contribution in [0.25, 0.3) is 11.3 Å². The molecule has 1 aromatic heterocycles. The van der Waals surface area contributed by atoms with Crippen LogP contribution in [0.5, 0.6) is 0 Å². The van der Waals surface area contributed by atoms with Crippen LogP contribution in [0.4, 0.5) is 4.39 Å². The number of nitrogens with one attached hydrogen (secondary N) is 2. The van der Waals surface area contributed by atoms with Crippen molar-refractivity contribution in [2.24, 2.45) is 0 Å². The van der Waals surface area contributed by atoms with Crippen LogP contribution >= 0.6 is 0 Å². The van der Waals surface area contributed by atoms with E-state index in [-0.39, 0.29) is 24.3 Å². The Morgan fingerprint density at radius 3 is 2.57 bits per heavy atom. The molecule has 106 valence electrons. The van der Waals surface area contributed by atoms with E-state index in [0.717, 1.165) is 0 Å². The summed E-state index contributed by atoms with van der Waals surface area (Å²) in [5, 5.41) is 10.9. The molecule has 21 heavy (non-hydrogen) atoms. The Morgan fingerprint density at radius 1 is 1.24 bits per heavy atom. The molecule has 0 fully saturated rings. The van der Waals surface area contributed by atoms with Crippen LogP contribution in [0.2, 0.25) is 0 Å². The van der Waals surface area contributed by atoms with Crippen molar-refractivity contribution in [2.75, 3.05) is 6.54 Å². The maximum absolute atomic E-state index is 12.9. The molecular weight excluding hydrogens is 273 g/mol. The number of H-pyrrole nitrogens is 1. The summed E-state index contributed by atoms with van der Waals surface area (Å²) in [5.74, 6) is -0.897. The summed E-state index contributed by atoms with van der Waals surface area (Å²) in [7, 11) is 0. The lowest BCUT2D eigenvalue weighted by Gasteiger charge is -2.05. The lowest BCUT2D eigenvalue weighted by atomic mass is 10.1. The number of hydrogen-bond donors (Lipinski definition) is 2. The minimum absolute atomic E-state index is 0.0289. The van der Waals surface area contributed by atoms with Gasteiger partial charge in [0, 0.05) is 12.2 Å². The third-order valence-corrected chi connectivity index (χ3v) is 2.83. The maximum Gasteiger partial charge on any atom is 0.261 e. The van der Waals surface area contributed by atoms with Gasteiger partial charge in [-0.3, -0.25) is 9.59 Å². The molecule has 5 nitrogen and oxygen atoms in total. The number of carbonyl (C=O) groups excluding carboxylic acids is 1. The molecular formula is C15H12FN3O2. The summed E-state index contributed by atoms with van der Waals surface area (Å²) < 4.78 is 12.9. The SMILES string of the molecule is N#CCCNC(=O)c1ccc(-c2ccc(F)cc2)[nH]c1=O. The highest BCUT2D eigenvalue weighted by atomic mass is 19.1. The molecule has 0 saturated heterocycles. The van der Waals surface area contributed by atoms with E-state index in [1.807, 2.05) is 6.07 Å². The second-order valence-electron chi connectivity index (χ2n) is 4.29. The van der Waals surface area contributed by atoms with E-state index in [0.29, 0.717) is 11.3 Å². The molecule has 0 radical (unpaired) electrons. The zero-order valence-corrected chi connectivity index (χ0v) is 11.0. The normalized spacial score (nSPS) is 9.90. The van der Waals surface area contributed by atoms with Crippen LogP contribution in [-0.4, -0.2) is 17.4 Å². The molecule has 0 aliphatic rings. The zero-order chi connectivity index (χ0) is 15.2. The monoisotopic (exact) mass is 285 g/mol. The minimum Gasteiger partial charge on any atom is -0.351 e. The van der Waals surface area contributed by atoms with Gasteiger partial charge in [0.1, 0.15) is 11.4 Å². The third kappa shape index (κ3) is 3.54. The van der Waals surface area contributed by atoms with Gasteiger partial charge in [-0.25, -0.2) is 4.39 Å². The molecule has 1 heterocycles. The number of pyridine rings is 1. The standard InChI is InChI=1S/C15H12FN3O2/c16-11-4-2-10(3-5-11)13-7-6-12(15(21)19-13)14(20)18-9-1-8-17/h2-7H,1,9H2,(H,18,20)(H,19,21). The summed E-state index contributed by atoms with van der Waals surface area (Å²) >= 11 is 0. The molecule has 0 atom stereocenters. The van der Waals surface area contributed by atoms with Crippen LogP contribution in [0, 0.1) is 17.1 Å². The van der Waals surface area contributed by atoms with Crippen LogP contribution in [0.15, 0.2) is 41.2 Å². The molecule has 1 amide bonds. The first-order valence-corrected chi connectivity index (χ1v) is 6.26. The summed E-state index contributed by atoms with van der Waals surface area (Å²) in [6.07, 6.45) is 0.178. The lowest BCUT2D eigenvalue weighted by molar-refractivity contribution is 0.0953. The van der Waals surface area contributed by atoms with Gasteiger partial charge >= 0.3 is 0 Å². The van der Waals surface area contributed by atoms with Crippen LogP contribution in [0.3, 0.4) is 0 Å². The molecule has 2 rings (SSSR count). The molecule has 0 aliphatic heterocycles. The lowest BCUT2D eigenvalue weighted by Crippen LogP contribution is -2.30. The number of aromatic amines is 1. The van der Waals surface area contributed by atoms with Gasteiger partial charge in [0.2, 0.25) is 0 Å². The Hall–Kier alpha value is -2.94. The van der Waals surface area contributed by atoms with Gasteiger partial charge < -0.3 is 10.3 Å². The van der Waals surface area contributed by atoms with Crippen LogP contribution in [-0.2, 0) is 0 Å². The second kappa shape index (κ2) is 6.48. The first-order valence-electron chi connectivity index (χ1n) is 6.26. The summed E-state index contributed by atoms with van der Waals surface area (Å²) in [4.78, 5) is 26.2. The molecule has 2 N–H and O–H groups in total. The third-order valence-electron chi connectivity index (χ3n) is 2.83. The van der Waals surface area contributed by atoms with Crippen LogP contribution < -0.4 is 10.9 Å². The van der Waals surface area contributed by atoms with Crippen molar-refractivity contribution in [3.63, 3.8) is 0 Å². The van der Waals surface area contributed by atoms with Crippen LogP contribution in [0.1, 0.15) is 16.8 Å². The fourth-order valence-electron chi connectivity index (χ4n) is 1.78. The number of amides is 1. The summed E-state index contributed by atoms with van der Waals surface area (Å²) in [5.41, 5.74) is 0.573. The molecule has 1 aromatic carbocycles. The topological polar surface area (TPSA) is 85.8 Å². The van der Waals surface area contributed by atoms with E-state index in [9.17, 15) is 14.0 Å². The quantitative estimate of drug-likeness (QED) is 0.840. The number of carbonyl (C=O) groups is 1. The van der Waals surface area contributed by atoms with Gasteiger partial charge in [-0.05, 0) is 42.0 Å². The van der Waals surface area contributed by atoms with Crippen molar-refractivity contribution in [2.45, 2.75) is 6.42 Å². The molecule has 0 bridgehead atoms. The Kier molecular flexibility index (Phi) is 4.46. The average molecular weight is 285 g/mol. The number of halogens is 1. The number of nitriles is 1. The van der Waals surface area contributed by atoms with Crippen molar-refractivity contribution >= 4 is 5.91 Å². The van der Waals surface area contributed by atoms with Crippen molar-refractivity contribution in [3.05, 3.63) is 58.1 Å². The Balaban J connectivity index is 2.22. The Labute approximate surface area is 120 Å². The fraction of sp³-hybridized carbons (Fsp3) is 0.133. The van der Waals surface area contributed by atoms with Gasteiger partial charge in [0.05, 0.1) is 12.5 Å². The maximum atomic E-state index is 12.9. The number of aromatic nitrogens is 1. The van der Waals surface area contributed by atoms with Crippen molar-refractivity contribution in [1.82, 2.24) is 10.3 Å². The van der Waals surface area contributed by atoms with Gasteiger partial charge in [0.15, 0.2) is 0 Å². The molecule has 0 spiro atoms. The predicted octanol–water partition coefficient (Wildman–Crippen LogP) is 1.82. The first-order chi connectivity index (χ1) is 10.1. The second-order valence-corrected chi connectivity index (χ2v) is 4.29. The largest absolute Gasteiger partial charge is 0.351 e. The number of hydrogen-bond acceptors (Lipinski definition) is 3. The average Bonchev–Trinajstić information content (AvgIpc) is 2.48. The predicted molar refractivity (Wildman–Crippen MR) is 75.0 cm³/mol. The highest BCUT2D eigenvalue weighted by molar-refractivity contribution is 5.94. The highest BCUT2D eigenvalue weighted by Crippen LogP contribution is 2.15. The van der Waals surface area contributed by atoms with Crippen molar-refractivity contribution in [3.8, 4) is 17.3 Å². The number of nitrogens with zero attached hydrogens (tertiary/aromatic N) is 1. The van der Waals surface area contributed by atoms with E-state index in [1.165, 1.54) is 30.3 Å². The van der Waals surface area contributed by atoms with E-state index in [1.54, 1.807) is 6.07 Å². The Morgan fingerprint density at radius 2 is 1.95 bits per heavy atom. The van der Waals surface area contributed by atoms with E-state index >= 15 is 0 Å². The van der Waals surface area contributed by atoms with Crippen molar-refractivity contribution in [1.29, 1.82) is 5.26 Å². The van der Waals surface area contributed by atoms with E-state index < -0.39 is 11.5 Å². The van der Waals surface area contributed by atoms with Gasteiger partial charge in [-0.2, -0.15) is 5.26 Å². The molecule has 2 aromatic rings. The first kappa shape index (κ1) is 14.5. The fourth-order valence-corrected chi connectivity index (χ4v) is 1.78. The summed E-state index contributed by atoms with van der Waals surface area (Å²) in [6, 6.07) is 10.5. The van der Waals surface area contributed by atoms with E-state index in [2.05, 4.69) is 10.3 Å². The number of benzene rings is 1. The zero-order valence-electron chi connectivity index (χ0n) is 11.0. The molecule has 6 heteroatoms. The summed E-state index contributed by atoms with van der Waals surface area (Å²) in [6.45, 7) is 0.189. The highest BCUT2D eigenvalue weighted by Gasteiger charge is 2.10. The van der Waals surface area contributed by atoms with Gasteiger partial charge in [-0.15, -0.1) is 0 Å². The van der Waals surface area contributed by atoms with Crippen molar-refractivity contribution < 1.29 is 9.18 Å². The van der Waals surface area contributed by atoms with Gasteiger partial charge in [0.25, 0.3) is 11.5 Å². The Bertz CT molecular complexity index is 745. The molecule has 0 aliphatic carbocycles. The molecule has 0 saturated carbocycles. The minimum atomic E-state index is -0.536. The molecule has 0 unspecified atom stereocenters.